The second-order valence-corrected chi connectivity index (χ2v) is 0.948. The maximum Gasteiger partial charge on any atom is 0.171 e. The van der Waals surface area contributed by atoms with Crippen LogP contribution >= 0.6 is 22.9 Å². The van der Waals surface area contributed by atoms with Crippen molar-refractivity contribution in [2.24, 2.45) is 13.6 Å². The third-order valence-corrected chi connectivity index (χ3v) is 0.493. The Morgan fingerprint density at radius 3 is 2.50 bits per heavy atom. The summed E-state index contributed by atoms with van der Waals surface area (Å²) in [7, 11) is 0. The van der Waals surface area contributed by atoms with Gasteiger partial charge in [0.25, 0.3) is 0 Å². The maximum atomic E-state index is 6.17. The molecule has 0 aromatic rings. The van der Waals surface area contributed by atoms with E-state index in [-0.39, 0.29) is 6.67 Å². The van der Waals surface area contributed by atoms with Crippen molar-refractivity contribution in [3.8, 4) is 0 Å². The van der Waals surface area contributed by atoms with E-state index in [2.05, 4.69) is 13.6 Å². The molecule has 0 aliphatic heterocycles. The zero-order chi connectivity index (χ0) is 4.83. The smallest absolute Gasteiger partial charge is 0.171 e. The Labute approximate surface area is 49.0 Å². The molecule has 0 aromatic heterocycles. The van der Waals surface area contributed by atoms with E-state index in [1.54, 1.807) is 22.9 Å². The van der Waals surface area contributed by atoms with E-state index in [1.165, 1.54) is 0 Å². The molecular formula is CH3IN4. The van der Waals surface area contributed by atoms with Crippen LogP contribution in [0.1, 0.15) is 0 Å². The minimum Gasteiger partial charge on any atom is -0.208 e. The molecule has 0 spiro atoms. The highest BCUT2D eigenvalue weighted by Gasteiger charge is 1.61. The van der Waals surface area contributed by atoms with Gasteiger partial charge in [0.05, 0.1) is 0 Å². The number of nitrogens with zero attached hydrogens (tertiary/aromatic N) is 3. The van der Waals surface area contributed by atoms with Crippen LogP contribution < -0.4 is 0 Å². The first-order chi connectivity index (χ1) is 2.91. The molecule has 1 N–H and O–H groups in total. The van der Waals surface area contributed by atoms with Gasteiger partial charge in [-0.05, 0) is 0 Å². The molecular weight excluding hydrogens is 195 g/mol. The van der Waals surface area contributed by atoms with Crippen molar-refractivity contribution in [2.75, 3.05) is 6.67 Å². The van der Waals surface area contributed by atoms with E-state index in [4.69, 9.17) is 5.53 Å². The summed E-state index contributed by atoms with van der Waals surface area (Å²) in [6.07, 6.45) is 0. The monoisotopic (exact) mass is 198 g/mol. The number of nitrogens with one attached hydrogen (secondary N) is 1. The lowest BCUT2D eigenvalue weighted by Gasteiger charge is -1.67. The third-order valence-electron chi connectivity index (χ3n) is 0.187. The van der Waals surface area contributed by atoms with Crippen LogP contribution in [0.4, 0.5) is 0 Å². The molecule has 5 heteroatoms. The molecule has 0 bridgehead atoms. The average Bonchev–Trinajstić information content (AvgIpc) is 1.61. The van der Waals surface area contributed by atoms with Gasteiger partial charge in [-0.3, -0.25) is 0 Å². The fraction of sp³-hybridized carbons (Fsp3) is 1.00. The van der Waals surface area contributed by atoms with E-state index in [0.717, 1.165) is 0 Å². The molecule has 0 rings (SSSR count). The minimum atomic E-state index is 0.156. The first-order valence-corrected chi connectivity index (χ1v) is 2.19. The summed E-state index contributed by atoms with van der Waals surface area (Å²) in [6, 6.07) is 0. The lowest BCUT2D eigenvalue weighted by molar-refractivity contribution is 0.887. The normalized spacial score (nSPS) is 9.50. The largest absolute Gasteiger partial charge is 0.208 e. The van der Waals surface area contributed by atoms with Crippen molar-refractivity contribution in [1.82, 2.24) is 0 Å². The van der Waals surface area contributed by atoms with Crippen molar-refractivity contribution >= 4 is 22.9 Å². The zero-order valence-corrected chi connectivity index (χ0v) is 5.08. The Hall–Kier alpha value is -0.0700. The Balaban J connectivity index is 2.85. The molecule has 0 aliphatic rings. The number of hydrogen-bond acceptors (Lipinski definition) is 4. The zero-order valence-electron chi connectivity index (χ0n) is 2.93. The van der Waals surface area contributed by atoms with Gasteiger partial charge in [0.15, 0.2) is 6.67 Å². The molecule has 0 saturated heterocycles. The summed E-state index contributed by atoms with van der Waals surface area (Å²) in [4.78, 5) is 0. The van der Waals surface area contributed by atoms with Gasteiger partial charge in [-0.2, -0.15) is 10.2 Å². The summed E-state index contributed by atoms with van der Waals surface area (Å²) in [5.74, 6) is 0. The Morgan fingerprint density at radius 1 is 1.67 bits per heavy atom. The molecule has 0 aliphatic carbocycles. The van der Waals surface area contributed by atoms with E-state index < -0.39 is 0 Å². The van der Waals surface area contributed by atoms with Crippen LogP contribution in [-0.4, -0.2) is 6.67 Å². The van der Waals surface area contributed by atoms with Gasteiger partial charge in [-0.15, -0.1) is 3.33 Å². The van der Waals surface area contributed by atoms with Crippen molar-refractivity contribution in [3.63, 3.8) is 0 Å². The van der Waals surface area contributed by atoms with Crippen LogP contribution in [0.15, 0.2) is 13.6 Å². The summed E-state index contributed by atoms with van der Waals surface area (Å²) in [5.41, 5.74) is 6.17. The summed E-state index contributed by atoms with van der Waals surface area (Å²) in [6.45, 7) is 0.156. The van der Waals surface area contributed by atoms with Crippen LogP contribution in [-0.2, 0) is 0 Å². The molecule has 34 valence electrons. The van der Waals surface area contributed by atoms with Gasteiger partial charge in [-0.25, -0.2) is 5.53 Å². The fourth-order valence-electron chi connectivity index (χ4n) is 0.0555. The van der Waals surface area contributed by atoms with Crippen LogP contribution in [0.2, 0.25) is 0 Å². The van der Waals surface area contributed by atoms with Crippen LogP contribution in [0, 0.1) is 5.53 Å². The Kier molecular flexibility index (Phi) is 4.87. The van der Waals surface area contributed by atoms with E-state index in [1.807, 2.05) is 0 Å². The highest BCUT2D eigenvalue weighted by atomic mass is 127. The number of halogens is 1. The van der Waals surface area contributed by atoms with Crippen molar-refractivity contribution in [1.29, 1.82) is 5.53 Å². The van der Waals surface area contributed by atoms with Gasteiger partial charge < -0.3 is 0 Å². The van der Waals surface area contributed by atoms with Gasteiger partial charge in [0.2, 0.25) is 0 Å². The van der Waals surface area contributed by atoms with E-state index in [0.29, 0.717) is 0 Å². The second kappa shape index (κ2) is 4.93. The minimum absolute atomic E-state index is 0.156. The Morgan fingerprint density at radius 2 is 2.33 bits per heavy atom. The summed E-state index contributed by atoms with van der Waals surface area (Å²) < 4.78 is 3.31. The molecule has 0 saturated carbocycles. The molecule has 6 heavy (non-hydrogen) atoms. The lowest BCUT2D eigenvalue weighted by atomic mass is 11.2. The van der Waals surface area contributed by atoms with E-state index >= 15 is 0 Å². The van der Waals surface area contributed by atoms with Crippen LogP contribution in [0.5, 0.6) is 0 Å². The quantitative estimate of drug-likeness (QED) is 0.519. The highest BCUT2D eigenvalue weighted by molar-refractivity contribution is 14.1. The fourth-order valence-corrected chi connectivity index (χ4v) is 0.192. The van der Waals surface area contributed by atoms with Gasteiger partial charge in [-0.1, -0.05) is 0 Å². The summed E-state index contributed by atoms with van der Waals surface area (Å²) >= 11 is 1.73. The number of rotatable bonds is 2. The standard InChI is InChI=1S/CH3IN4/c2-6-5-1-4-3/h3H,1H2. The van der Waals surface area contributed by atoms with Gasteiger partial charge in [0.1, 0.15) is 22.9 Å². The lowest BCUT2D eigenvalue weighted by Crippen LogP contribution is -1.59. The molecule has 0 unspecified atom stereocenters. The highest BCUT2D eigenvalue weighted by Crippen LogP contribution is 1.83. The van der Waals surface area contributed by atoms with Crippen molar-refractivity contribution in [2.45, 2.75) is 0 Å². The third kappa shape index (κ3) is 3.93. The molecule has 0 atom stereocenters. The molecule has 0 aromatic carbocycles. The van der Waals surface area contributed by atoms with Crippen molar-refractivity contribution < 1.29 is 0 Å². The second-order valence-electron chi connectivity index (χ2n) is 0.517. The maximum absolute atomic E-state index is 6.17. The predicted octanol–water partition coefficient (Wildman–Crippen LogP) is 1.78. The first kappa shape index (κ1) is 5.93. The number of hydrogen-bond donors (Lipinski definition) is 1. The molecule has 4 nitrogen and oxygen atoms in total. The van der Waals surface area contributed by atoms with E-state index in [9.17, 15) is 0 Å². The SMILES string of the molecule is N=NCN=NI. The molecule has 0 amide bonds. The molecule has 0 fully saturated rings. The average molecular weight is 198 g/mol. The van der Waals surface area contributed by atoms with Crippen LogP contribution in [0.3, 0.4) is 0 Å². The van der Waals surface area contributed by atoms with Gasteiger partial charge >= 0.3 is 0 Å². The topological polar surface area (TPSA) is 60.9 Å². The summed E-state index contributed by atoms with van der Waals surface area (Å²) in [5, 5.41) is 6.26. The molecule has 0 radical (unpaired) electrons. The molecule has 0 heterocycles. The van der Waals surface area contributed by atoms with Gasteiger partial charge in [0, 0.05) is 0 Å². The first-order valence-electron chi connectivity index (χ1n) is 1.23. The van der Waals surface area contributed by atoms with Crippen molar-refractivity contribution in [3.05, 3.63) is 0 Å². The predicted molar refractivity (Wildman–Crippen MR) is 28.9 cm³/mol. The Bertz CT molecular complexity index is 58.6. The van der Waals surface area contributed by atoms with Crippen LogP contribution in [0.25, 0.3) is 0 Å².